The van der Waals surface area contributed by atoms with E-state index in [1.165, 1.54) is 11.1 Å². The van der Waals surface area contributed by atoms with Gasteiger partial charge in [0.25, 0.3) is 0 Å². The van der Waals surface area contributed by atoms with Crippen molar-refractivity contribution in [3.05, 3.63) is 70.8 Å². The van der Waals surface area contributed by atoms with E-state index in [1.807, 2.05) is 31.3 Å². The average molecular weight is 489 g/mol. The van der Waals surface area contributed by atoms with Gasteiger partial charge in [0.2, 0.25) is 0 Å². The molecule has 2 aromatic rings. The summed E-state index contributed by atoms with van der Waals surface area (Å²) >= 11 is 0. The molecule has 0 radical (unpaired) electrons. The molecule has 148 valence electrons. The van der Waals surface area contributed by atoms with Crippen molar-refractivity contribution in [2.45, 2.75) is 20.0 Å². The van der Waals surface area contributed by atoms with E-state index >= 15 is 0 Å². The first-order valence-electron chi connectivity index (χ1n) is 9.40. The second-order valence-electron chi connectivity index (χ2n) is 6.96. The zero-order valence-corrected chi connectivity index (χ0v) is 18.9. The number of hydrogen-bond acceptors (Lipinski definition) is 3. The first-order valence-corrected chi connectivity index (χ1v) is 9.40. The summed E-state index contributed by atoms with van der Waals surface area (Å²) in [5.41, 5.74) is 4.53. The summed E-state index contributed by atoms with van der Waals surface area (Å²) in [7, 11) is 1.83. The lowest BCUT2D eigenvalue weighted by Crippen LogP contribution is -2.52. The predicted octanol–water partition coefficient (Wildman–Crippen LogP) is 3.38. The van der Waals surface area contributed by atoms with E-state index in [2.05, 4.69) is 57.4 Å². The van der Waals surface area contributed by atoms with Crippen LogP contribution in [0.3, 0.4) is 0 Å². The number of hydrogen-bond donors (Lipinski definition) is 1. The smallest absolute Gasteiger partial charge is 0.194 e. The van der Waals surface area contributed by atoms with Gasteiger partial charge in [-0.05, 0) is 30.2 Å². The van der Waals surface area contributed by atoms with Crippen LogP contribution in [0.2, 0.25) is 0 Å². The summed E-state index contributed by atoms with van der Waals surface area (Å²) < 4.78 is 0. The van der Waals surface area contributed by atoms with E-state index in [0.717, 1.165) is 44.2 Å². The van der Waals surface area contributed by atoms with E-state index in [4.69, 9.17) is 5.26 Å². The van der Waals surface area contributed by atoms with E-state index in [9.17, 15) is 0 Å². The Morgan fingerprint density at radius 2 is 1.79 bits per heavy atom. The van der Waals surface area contributed by atoms with Crippen molar-refractivity contribution < 1.29 is 0 Å². The van der Waals surface area contributed by atoms with Crippen molar-refractivity contribution in [2.24, 2.45) is 4.99 Å². The third kappa shape index (κ3) is 6.21. The quantitative estimate of drug-likeness (QED) is 0.407. The Balaban J connectivity index is 0.00000280. The van der Waals surface area contributed by atoms with Crippen LogP contribution in [-0.4, -0.2) is 49.0 Å². The minimum absolute atomic E-state index is 0. The Labute approximate surface area is 185 Å². The third-order valence-corrected chi connectivity index (χ3v) is 4.91. The molecular formula is C22H28IN5. The molecule has 2 aromatic carbocycles. The molecular weight excluding hydrogens is 461 g/mol. The van der Waals surface area contributed by atoms with Crippen LogP contribution in [-0.2, 0) is 13.1 Å². The fraction of sp³-hybridized carbons (Fsp3) is 0.364. The standard InChI is InChI=1S/C22H27N5.HI/c1-18-4-3-5-21(14-18)17-26-10-12-27(13-11-26)22(24-2)25-16-20-8-6-19(15-23)7-9-20;/h3-9,14H,10-13,16-17H2,1-2H3,(H,24,25);1H. The highest BCUT2D eigenvalue weighted by Crippen LogP contribution is 2.11. The minimum Gasteiger partial charge on any atom is -0.352 e. The summed E-state index contributed by atoms with van der Waals surface area (Å²) in [5.74, 6) is 0.939. The van der Waals surface area contributed by atoms with Crippen LogP contribution in [0.5, 0.6) is 0 Å². The van der Waals surface area contributed by atoms with Crippen LogP contribution < -0.4 is 5.32 Å². The van der Waals surface area contributed by atoms with Crippen LogP contribution in [0.15, 0.2) is 53.5 Å². The normalized spacial score (nSPS) is 14.9. The predicted molar refractivity (Wildman–Crippen MR) is 125 cm³/mol. The summed E-state index contributed by atoms with van der Waals surface area (Å²) in [5, 5.41) is 12.3. The number of benzene rings is 2. The highest BCUT2D eigenvalue weighted by molar-refractivity contribution is 14.0. The third-order valence-electron chi connectivity index (χ3n) is 4.91. The monoisotopic (exact) mass is 489 g/mol. The van der Waals surface area contributed by atoms with E-state index in [0.29, 0.717) is 12.1 Å². The van der Waals surface area contributed by atoms with Crippen molar-refractivity contribution in [1.29, 1.82) is 5.26 Å². The Kier molecular flexibility index (Phi) is 8.74. The second kappa shape index (κ2) is 11.0. The molecule has 1 aliphatic heterocycles. The molecule has 0 bridgehead atoms. The molecule has 0 amide bonds. The molecule has 0 spiro atoms. The molecule has 1 heterocycles. The summed E-state index contributed by atoms with van der Waals surface area (Å²) in [4.78, 5) is 9.26. The summed E-state index contributed by atoms with van der Waals surface area (Å²) in [6, 6.07) is 18.6. The Bertz CT molecular complexity index is 818. The first kappa shape index (κ1) is 22.2. The topological polar surface area (TPSA) is 54.7 Å². The van der Waals surface area contributed by atoms with Crippen LogP contribution in [0.25, 0.3) is 0 Å². The molecule has 0 aromatic heterocycles. The molecule has 1 aliphatic rings. The lowest BCUT2D eigenvalue weighted by atomic mass is 10.1. The molecule has 5 nitrogen and oxygen atoms in total. The summed E-state index contributed by atoms with van der Waals surface area (Å²) in [6.45, 7) is 7.87. The molecule has 0 unspecified atom stereocenters. The van der Waals surface area contributed by atoms with Crippen molar-refractivity contribution in [1.82, 2.24) is 15.1 Å². The van der Waals surface area contributed by atoms with Gasteiger partial charge in [-0.3, -0.25) is 9.89 Å². The lowest BCUT2D eigenvalue weighted by Gasteiger charge is -2.36. The van der Waals surface area contributed by atoms with Gasteiger partial charge in [0.15, 0.2) is 5.96 Å². The largest absolute Gasteiger partial charge is 0.352 e. The number of halogens is 1. The van der Waals surface area contributed by atoms with Crippen molar-refractivity contribution >= 4 is 29.9 Å². The number of nitriles is 1. The van der Waals surface area contributed by atoms with Gasteiger partial charge in [-0.2, -0.15) is 5.26 Å². The fourth-order valence-electron chi connectivity index (χ4n) is 3.40. The number of aryl methyl sites for hydroxylation is 1. The summed E-state index contributed by atoms with van der Waals surface area (Å²) in [6.07, 6.45) is 0. The van der Waals surface area contributed by atoms with Gasteiger partial charge >= 0.3 is 0 Å². The van der Waals surface area contributed by atoms with E-state index < -0.39 is 0 Å². The van der Waals surface area contributed by atoms with Crippen molar-refractivity contribution in [2.75, 3.05) is 33.2 Å². The highest BCUT2D eigenvalue weighted by Gasteiger charge is 2.19. The zero-order valence-electron chi connectivity index (χ0n) is 16.6. The van der Waals surface area contributed by atoms with Gasteiger partial charge in [-0.15, -0.1) is 24.0 Å². The maximum Gasteiger partial charge on any atom is 0.194 e. The Morgan fingerprint density at radius 3 is 2.39 bits per heavy atom. The molecule has 0 aliphatic carbocycles. The maximum absolute atomic E-state index is 8.89. The average Bonchev–Trinajstić information content (AvgIpc) is 2.70. The molecule has 0 saturated carbocycles. The molecule has 0 atom stereocenters. The SMILES string of the molecule is CN=C(NCc1ccc(C#N)cc1)N1CCN(Cc2cccc(C)c2)CC1.I. The molecule has 3 rings (SSSR count). The zero-order chi connectivity index (χ0) is 19.1. The van der Waals surface area contributed by atoms with Gasteiger partial charge in [-0.1, -0.05) is 42.0 Å². The fourth-order valence-corrected chi connectivity index (χ4v) is 3.40. The molecule has 1 saturated heterocycles. The van der Waals surface area contributed by atoms with Gasteiger partial charge in [0.1, 0.15) is 0 Å². The number of nitrogens with one attached hydrogen (secondary N) is 1. The van der Waals surface area contributed by atoms with E-state index in [-0.39, 0.29) is 24.0 Å². The number of aliphatic imine (C=N–C) groups is 1. The highest BCUT2D eigenvalue weighted by atomic mass is 127. The van der Waals surface area contributed by atoms with Crippen LogP contribution in [0, 0.1) is 18.3 Å². The minimum atomic E-state index is 0. The first-order chi connectivity index (χ1) is 13.2. The van der Waals surface area contributed by atoms with Gasteiger partial charge in [0.05, 0.1) is 11.6 Å². The van der Waals surface area contributed by atoms with Gasteiger partial charge in [0, 0.05) is 46.3 Å². The Morgan fingerprint density at radius 1 is 1.07 bits per heavy atom. The molecule has 6 heteroatoms. The molecule has 28 heavy (non-hydrogen) atoms. The van der Waals surface area contributed by atoms with Crippen LogP contribution in [0.4, 0.5) is 0 Å². The van der Waals surface area contributed by atoms with E-state index in [1.54, 1.807) is 0 Å². The number of guanidine groups is 1. The van der Waals surface area contributed by atoms with Crippen molar-refractivity contribution in [3.63, 3.8) is 0 Å². The second-order valence-corrected chi connectivity index (χ2v) is 6.96. The van der Waals surface area contributed by atoms with Gasteiger partial charge in [-0.25, -0.2) is 0 Å². The maximum atomic E-state index is 8.89. The van der Waals surface area contributed by atoms with Crippen LogP contribution in [0.1, 0.15) is 22.3 Å². The number of rotatable bonds is 4. The molecule has 1 N–H and O–H groups in total. The van der Waals surface area contributed by atoms with Gasteiger partial charge < -0.3 is 10.2 Å². The lowest BCUT2D eigenvalue weighted by molar-refractivity contribution is 0.172. The van der Waals surface area contributed by atoms with Crippen LogP contribution >= 0.6 is 24.0 Å². The molecule has 1 fully saturated rings. The number of nitrogens with zero attached hydrogens (tertiary/aromatic N) is 4. The van der Waals surface area contributed by atoms with Crippen molar-refractivity contribution in [3.8, 4) is 6.07 Å². The Hall–Kier alpha value is -2.11. The number of piperazine rings is 1.